The van der Waals surface area contributed by atoms with Gasteiger partial charge in [-0.1, -0.05) is 25.8 Å². The van der Waals surface area contributed by atoms with Gasteiger partial charge in [-0.15, -0.1) is 6.58 Å². The third kappa shape index (κ3) is 5.47. The maximum absolute atomic E-state index is 12.5. The molecule has 0 N–H and O–H groups in total. The van der Waals surface area contributed by atoms with E-state index in [1.165, 1.54) is 6.08 Å². The van der Waals surface area contributed by atoms with E-state index in [9.17, 15) is 9.36 Å². The Bertz CT molecular complexity index is 291. The highest BCUT2D eigenvalue weighted by atomic mass is 31.2. The summed E-state index contributed by atoms with van der Waals surface area (Å²) in [5.41, 5.74) is -0.839. The summed E-state index contributed by atoms with van der Waals surface area (Å²) in [5, 5.41) is 0. The lowest BCUT2D eigenvalue weighted by Gasteiger charge is -2.22. The summed E-state index contributed by atoms with van der Waals surface area (Å²) in [6.07, 6.45) is 4.62. The molecule has 0 aliphatic heterocycles. The first-order chi connectivity index (χ1) is 8.55. The van der Waals surface area contributed by atoms with Crippen LogP contribution >= 0.6 is 7.60 Å². The van der Waals surface area contributed by atoms with Gasteiger partial charge in [0.2, 0.25) is 0 Å². The quantitative estimate of drug-likeness (QED) is 0.325. The van der Waals surface area contributed by atoms with Gasteiger partial charge in [0.25, 0.3) is 0 Å². The molecule has 0 rings (SSSR count). The first kappa shape index (κ1) is 17.6. The van der Waals surface area contributed by atoms with E-state index in [1.54, 1.807) is 13.8 Å². The second-order valence-electron chi connectivity index (χ2n) is 3.98. The molecule has 0 saturated carbocycles. The number of hydrogen-bond donors (Lipinski definition) is 0. The maximum Gasteiger partial charge on any atom is 0.344 e. The maximum atomic E-state index is 12.5. The molecule has 0 saturated heterocycles. The van der Waals surface area contributed by atoms with Crippen molar-refractivity contribution in [2.24, 2.45) is 0 Å². The van der Waals surface area contributed by atoms with Crippen molar-refractivity contribution in [1.82, 2.24) is 0 Å². The third-order valence-corrected chi connectivity index (χ3v) is 4.96. The van der Waals surface area contributed by atoms with Crippen molar-refractivity contribution in [3.8, 4) is 0 Å². The fourth-order valence-corrected chi connectivity index (χ4v) is 3.55. The van der Waals surface area contributed by atoms with Gasteiger partial charge in [-0.25, -0.2) is 0 Å². The molecule has 0 aliphatic carbocycles. The number of rotatable bonds is 11. The molecule has 4 nitrogen and oxygen atoms in total. The van der Waals surface area contributed by atoms with Gasteiger partial charge in [0, 0.05) is 6.42 Å². The smallest absolute Gasteiger partial charge is 0.308 e. The van der Waals surface area contributed by atoms with Crippen molar-refractivity contribution in [1.29, 1.82) is 0 Å². The van der Waals surface area contributed by atoms with Gasteiger partial charge in [0.05, 0.1) is 13.2 Å². The highest BCUT2D eigenvalue weighted by molar-refractivity contribution is 7.56. The SMILES string of the molecule is C=CC(C(=O)CCCCC)P(=O)(OCC)OCC. The van der Waals surface area contributed by atoms with E-state index in [4.69, 9.17) is 9.05 Å². The molecule has 1 unspecified atom stereocenters. The summed E-state index contributed by atoms with van der Waals surface area (Å²) in [4.78, 5) is 12.0. The van der Waals surface area contributed by atoms with Crippen molar-refractivity contribution < 1.29 is 18.4 Å². The molecule has 1 atom stereocenters. The van der Waals surface area contributed by atoms with Crippen LogP contribution in [0, 0.1) is 0 Å². The van der Waals surface area contributed by atoms with E-state index >= 15 is 0 Å². The van der Waals surface area contributed by atoms with Crippen LogP contribution in [0.5, 0.6) is 0 Å². The van der Waals surface area contributed by atoms with E-state index in [0.29, 0.717) is 6.42 Å². The lowest BCUT2D eigenvalue weighted by Crippen LogP contribution is -2.21. The van der Waals surface area contributed by atoms with Crippen LogP contribution in [0.25, 0.3) is 0 Å². The third-order valence-electron chi connectivity index (χ3n) is 2.54. The molecule has 0 amide bonds. The fourth-order valence-electron chi connectivity index (χ4n) is 1.69. The Morgan fingerprint density at radius 3 is 2.17 bits per heavy atom. The highest BCUT2D eigenvalue weighted by Gasteiger charge is 2.37. The molecule has 0 heterocycles. The lowest BCUT2D eigenvalue weighted by atomic mass is 10.1. The fraction of sp³-hybridized carbons (Fsp3) is 0.769. The summed E-state index contributed by atoms with van der Waals surface area (Å²) in [7, 11) is -3.40. The van der Waals surface area contributed by atoms with Crippen LogP contribution in [0.3, 0.4) is 0 Å². The topological polar surface area (TPSA) is 52.6 Å². The minimum atomic E-state index is -3.40. The first-order valence-corrected chi connectivity index (χ1v) is 8.20. The Hall–Kier alpha value is -0.440. The number of unbranched alkanes of at least 4 members (excludes halogenated alkanes) is 2. The van der Waals surface area contributed by atoms with Crippen LogP contribution in [0.1, 0.15) is 46.5 Å². The number of ketones is 1. The molecular formula is C13H25O4P. The van der Waals surface area contributed by atoms with E-state index in [0.717, 1.165) is 19.3 Å². The second kappa shape index (κ2) is 9.48. The van der Waals surface area contributed by atoms with Gasteiger partial charge in [0.1, 0.15) is 5.66 Å². The molecule has 0 spiro atoms. The van der Waals surface area contributed by atoms with E-state index in [1.807, 2.05) is 0 Å². The van der Waals surface area contributed by atoms with Gasteiger partial charge in [0.15, 0.2) is 5.78 Å². The Balaban J connectivity index is 4.73. The Morgan fingerprint density at radius 2 is 1.78 bits per heavy atom. The Kier molecular flexibility index (Phi) is 9.25. The largest absolute Gasteiger partial charge is 0.344 e. The molecule has 0 fully saturated rings. The lowest BCUT2D eigenvalue weighted by molar-refractivity contribution is -0.118. The molecule has 18 heavy (non-hydrogen) atoms. The predicted molar refractivity (Wildman–Crippen MR) is 74.0 cm³/mol. The Morgan fingerprint density at radius 1 is 1.22 bits per heavy atom. The highest BCUT2D eigenvalue weighted by Crippen LogP contribution is 2.54. The summed E-state index contributed by atoms with van der Waals surface area (Å²) >= 11 is 0. The van der Waals surface area contributed by atoms with Crippen molar-refractivity contribution >= 4 is 13.4 Å². The summed E-state index contributed by atoms with van der Waals surface area (Å²) < 4.78 is 22.9. The van der Waals surface area contributed by atoms with Gasteiger partial charge in [-0.2, -0.15) is 0 Å². The normalized spacial score (nSPS) is 13.3. The molecule has 5 heteroatoms. The second-order valence-corrected chi connectivity index (χ2v) is 6.13. The molecule has 0 radical (unpaired) electrons. The van der Waals surface area contributed by atoms with Gasteiger partial charge in [-0.3, -0.25) is 9.36 Å². The summed E-state index contributed by atoms with van der Waals surface area (Å²) in [5.74, 6) is -0.108. The first-order valence-electron chi connectivity index (χ1n) is 6.59. The van der Waals surface area contributed by atoms with E-state index < -0.39 is 13.3 Å². The molecular weight excluding hydrogens is 251 g/mol. The van der Waals surface area contributed by atoms with Crippen LogP contribution < -0.4 is 0 Å². The number of Topliss-reactive ketones (excluding diaryl/α,β-unsaturated/α-hetero) is 1. The van der Waals surface area contributed by atoms with Gasteiger partial charge in [-0.05, 0) is 20.3 Å². The van der Waals surface area contributed by atoms with Crippen LogP contribution in [0.4, 0.5) is 0 Å². The van der Waals surface area contributed by atoms with Crippen LogP contribution in [-0.2, 0) is 18.4 Å². The summed E-state index contributed by atoms with van der Waals surface area (Å²) in [6, 6.07) is 0. The average Bonchev–Trinajstić information content (AvgIpc) is 2.30. The average molecular weight is 276 g/mol. The summed E-state index contributed by atoms with van der Waals surface area (Å²) in [6.45, 7) is 9.62. The number of carbonyl (C=O) groups excluding carboxylic acids is 1. The van der Waals surface area contributed by atoms with Crippen molar-refractivity contribution in [2.75, 3.05) is 13.2 Å². The zero-order valence-corrected chi connectivity index (χ0v) is 12.6. The zero-order chi connectivity index (χ0) is 14.0. The molecule has 0 aromatic rings. The van der Waals surface area contributed by atoms with Gasteiger partial charge >= 0.3 is 7.60 Å². The van der Waals surface area contributed by atoms with Gasteiger partial charge < -0.3 is 9.05 Å². The van der Waals surface area contributed by atoms with Crippen LogP contribution in [0.2, 0.25) is 0 Å². The van der Waals surface area contributed by atoms with E-state index in [-0.39, 0.29) is 19.0 Å². The predicted octanol–water partition coefficient (Wildman–Crippen LogP) is 3.96. The molecule has 0 aromatic heterocycles. The number of allylic oxidation sites excluding steroid dienone is 1. The zero-order valence-electron chi connectivity index (χ0n) is 11.7. The van der Waals surface area contributed by atoms with Crippen molar-refractivity contribution in [3.63, 3.8) is 0 Å². The number of carbonyl (C=O) groups is 1. The molecule has 106 valence electrons. The van der Waals surface area contributed by atoms with Crippen molar-refractivity contribution in [2.45, 2.75) is 52.1 Å². The minimum Gasteiger partial charge on any atom is -0.308 e. The van der Waals surface area contributed by atoms with Crippen LogP contribution in [-0.4, -0.2) is 24.7 Å². The molecule has 0 bridgehead atoms. The minimum absolute atomic E-state index is 0.108. The molecule has 0 aliphatic rings. The molecule has 0 aromatic carbocycles. The number of hydrogen-bond acceptors (Lipinski definition) is 4. The standard InChI is InChI=1S/C13H25O4P/c1-5-9-10-11-12(14)13(6-2)18(15,16-7-3)17-8-4/h6,13H,2,5,7-11H2,1,3-4H3. The Labute approximate surface area is 110 Å². The van der Waals surface area contributed by atoms with E-state index in [2.05, 4.69) is 13.5 Å². The van der Waals surface area contributed by atoms with Crippen molar-refractivity contribution in [3.05, 3.63) is 12.7 Å². The monoisotopic (exact) mass is 276 g/mol. The van der Waals surface area contributed by atoms with Crippen LogP contribution in [0.15, 0.2) is 12.7 Å².